The Morgan fingerprint density at radius 2 is 2.00 bits per heavy atom. The molecule has 0 bridgehead atoms. The summed E-state index contributed by atoms with van der Waals surface area (Å²) in [7, 11) is 2.20. The van der Waals surface area contributed by atoms with Crippen LogP contribution in [0.15, 0.2) is 0 Å². The highest BCUT2D eigenvalue weighted by Gasteiger charge is 2.21. The number of piperidine rings is 1. The minimum Gasteiger partial charge on any atom is -0.340 e. The zero-order chi connectivity index (χ0) is 13.7. The number of piperazine rings is 1. The summed E-state index contributed by atoms with van der Waals surface area (Å²) >= 11 is 0. The first kappa shape index (κ1) is 14.8. The molecule has 110 valence electrons. The summed E-state index contributed by atoms with van der Waals surface area (Å²) in [5.74, 6) is 1.22. The van der Waals surface area contributed by atoms with E-state index in [0.717, 1.165) is 38.4 Å². The molecule has 2 rings (SSSR count). The summed E-state index contributed by atoms with van der Waals surface area (Å²) in [5, 5.41) is 3.38. The van der Waals surface area contributed by atoms with Crippen LogP contribution in [-0.2, 0) is 4.79 Å². The van der Waals surface area contributed by atoms with Gasteiger partial charge in [-0.05, 0) is 58.7 Å². The van der Waals surface area contributed by atoms with Crippen LogP contribution in [0.5, 0.6) is 0 Å². The van der Waals surface area contributed by atoms with E-state index < -0.39 is 0 Å². The van der Waals surface area contributed by atoms with Crippen LogP contribution >= 0.6 is 0 Å². The second kappa shape index (κ2) is 7.25. The van der Waals surface area contributed by atoms with Crippen LogP contribution in [-0.4, -0.2) is 61.5 Å². The molecule has 1 amide bonds. The summed E-state index contributed by atoms with van der Waals surface area (Å²) in [4.78, 5) is 16.6. The van der Waals surface area contributed by atoms with Crippen molar-refractivity contribution in [2.45, 2.75) is 45.1 Å². The lowest BCUT2D eigenvalue weighted by atomic mass is 9.92. The monoisotopic (exact) mass is 267 g/mol. The topological polar surface area (TPSA) is 35.6 Å². The number of nitrogens with one attached hydrogen (secondary N) is 1. The van der Waals surface area contributed by atoms with Crippen molar-refractivity contribution in [2.75, 3.05) is 39.8 Å². The fraction of sp³-hybridized carbons (Fsp3) is 0.933. The first-order chi connectivity index (χ1) is 9.15. The van der Waals surface area contributed by atoms with E-state index >= 15 is 0 Å². The zero-order valence-corrected chi connectivity index (χ0v) is 12.5. The quantitative estimate of drug-likeness (QED) is 0.834. The summed E-state index contributed by atoms with van der Waals surface area (Å²) in [6.07, 6.45) is 5.69. The molecule has 2 aliphatic rings. The molecule has 0 aliphatic carbocycles. The molecule has 2 aliphatic heterocycles. The first-order valence-corrected chi connectivity index (χ1v) is 7.85. The van der Waals surface area contributed by atoms with E-state index in [4.69, 9.17) is 0 Å². The van der Waals surface area contributed by atoms with Crippen molar-refractivity contribution in [2.24, 2.45) is 5.92 Å². The highest BCUT2D eigenvalue weighted by atomic mass is 16.2. The number of rotatable bonds is 4. The van der Waals surface area contributed by atoms with Gasteiger partial charge < -0.3 is 15.1 Å². The lowest BCUT2D eigenvalue weighted by Crippen LogP contribution is -2.51. The number of amides is 1. The van der Waals surface area contributed by atoms with E-state index in [1.807, 2.05) is 4.90 Å². The molecule has 4 nitrogen and oxygen atoms in total. The Hall–Kier alpha value is -0.610. The highest BCUT2D eigenvalue weighted by molar-refractivity contribution is 5.76. The summed E-state index contributed by atoms with van der Waals surface area (Å²) < 4.78 is 0. The van der Waals surface area contributed by atoms with Crippen molar-refractivity contribution < 1.29 is 4.79 Å². The predicted molar refractivity (Wildman–Crippen MR) is 78.1 cm³/mol. The van der Waals surface area contributed by atoms with Crippen molar-refractivity contribution in [1.82, 2.24) is 15.1 Å². The number of likely N-dealkylation sites (tertiary alicyclic amines) is 1. The van der Waals surface area contributed by atoms with Crippen LogP contribution < -0.4 is 5.32 Å². The van der Waals surface area contributed by atoms with E-state index in [0.29, 0.717) is 11.9 Å². The summed E-state index contributed by atoms with van der Waals surface area (Å²) in [6.45, 7) is 7.33. The number of nitrogens with zero attached hydrogens (tertiary/aromatic N) is 2. The molecule has 4 heteroatoms. The van der Waals surface area contributed by atoms with Crippen LogP contribution in [0.2, 0.25) is 0 Å². The second-order valence-electron chi connectivity index (χ2n) is 6.33. The van der Waals surface area contributed by atoms with E-state index in [9.17, 15) is 4.79 Å². The minimum absolute atomic E-state index is 0.362. The zero-order valence-electron chi connectivity index (χ0n) is 12.5. The van der Waals surface area contributed by atoms with Crippen molar-refractivity contribution in [3.63, 3.8) is 0 Å². The number of hydrogen-bond acceptors (Lipinski definition) is 3. The van der Waals surface area contributed by atoms with Crippen molar-refractivity contribution in [1.29, 1.82) is 0 Å². The largest absolute Gasteiger partial charge is 0.340 e. The molecule has 1 atom stereocenters. The summed E-state index contributed by atoms with van der Waals surface area (Å²) in [6, 6.07) is 0.451. The SMILES string of the molecule is CC1CN(C(=O)CCCC2CCN(C)CC2)CCN1. The average Bonchev–Trinajstić information content (AvgIpc) is 2.41. The van der Waals surface area contributed by atoms with Gasteiger partial charge in [0.15, 0.2) is 0 Å². The minimum atomic E-state index is 0.362. The molecule has 2 fully saturated rings. The lowest BCUT2D eigenvalue weighted by Gasteiger charge is -2.32. The van der Waals surface area contributed by atoms with Gasteiger partial charge in [-0.2, -0.15) is 0 Å². The molecule has 1 unspecified atom stereocenters. The maximum atomic E-state index is 12.1. The third kappa shape index (κ3) is 4.77. The Morgan fingerprint density at radius 1 is 1.26 bits per heavy atom. The first-order valence-electron chi connectivity index (χ1n) is 7.85. The van der Waals surface area contributed by atoms with Crippen LogP contribution in [0.4, 0.5) is 0 Å². The van der Waals surface area contributed by atoms with E-state index in [-0.39, 0.29) is 0 Å². The molecule has 0 radical (unpaired) electrons. The molecule has 19 heavy (non-hydrogen) atoms. The molecule has 0 spiro atoms. The Morgan fingerprint density at radius 3 is 2.68 bits per heavy atom. The van der Waals surface area contributed by atoms with Gasteiger partial charge in [-0.15, -0.1) is 0 Å². The van der Waals surface area contributed by atoms with Gasteiger partial charge in [0.05, 0.1) is 0 Å². The Labute approximate surface area is 117 Å². The maximum absolute atomic E-state index is 12.1. The van der Waals surface area contributed by atoms with Crippen molar-refractivity contribution in [3.05, 3.63) is 0 Å². The van der Waals surface area contributed by atoms with E-state index in [2.05, 4.69) is 24.2 Å². The summed E-state index contributed by atoms with van der Waals surface area (Å²) in [5.41, 5.74) is 0. The molecule has 2 heterocycles. The number of carbonyl (C=O) groups is 1. The van der Waals surface area contributed by atoms with Crippen LogP contribution in [0, 0.1) is 5.92 Å². The van der Waals surface area contributed by atoms with Crippen LogP contribution in [0.1, 0.15) is 39.0 Å². The van der Waals surface area contributed by atoms with Gasteiger partial charge in [0.2, 0.25) is 5.91 Å². The smallest absolute Gasteiger partial charge is 0.222 e. The van der Waals surface area contributed by atoms with Gasteiger partial charge in [0.1, 0.15) is 0 Å². The molecule has 2 saturated heterocycles. The van der Waals surface area contributed by atoms with Crippen molar-refractivity contribution in [3.8, 4) is 0 Å². The van der Waals surface area contributed by atoms with Gasteiger partial charge in [0, 0.05) is 32.1 Å². The normalized spacial score (nSPS) is 26.6. The van der Waals surface area contributed by atoms with Crippen LogP contribution in [0.3, 0.4) is 0 Å². The third-order valence-corrected chi connectivity index (χ3v) is 4.56. The van der Waals surface area contributed by atoms with Crippen molar-refractivity contribution >= 4 is 5.91 Å². The molecule has 0 saturated carbocycles. The number of carbonyl (C=O) groups excluding carboxylic acids is 1. The van der Waals surface area contributed by atoms with Gasteiger partial charge in [-0.25, -0.2) is 0 Å². The Balaban J connectivity index is 1.61. The molecule has 0 aromatic heterocycles. The molecule has 0 aromatic carbocycles. The molecule has 1 N–H and O–H groups in total. The van der Waals surface area contributed by atoms with E-state index in [1.165, 1.54) is 32.4 Å². The second-order valence-corrected chi connectivity index (χ2v) is 6.33. The standard InChI is InChI=1S/C15H29N3O/c1-13-12-18(11-8-16-13)15(19)5-3-4-14-6-9-17(2)10-7-14/h13-14,16H,3-12H2,1-2H3. The van der Waals surface area contributed by atoms with Gasteiger partial charge in [-0.1, -0.05) is 0 Å². The number of hydrogen-bond donors (Lipinski definition) is 1. The molecule has 0 aromatic rings. The molecular weight excluding hydrogens is 238 g/mol. The Bertz CT molecular complexity index is 287. The average molecular weight is 267 g/mol. The van der Waals surface area contributed by atoms with Gasteiger partial charge in [-0.3, -0.25) is 4.79 Å². The van der Waals surface area contributed by atoms with Gasteiger partial charge >= 0.3 is 0 Å². The van der Waals surface area contributed by atoms with Crippen LogP contribution in [0.25, 0.3) is 0 Å². The third-order valence-electron chi connectivity index (χ3n) is 4.56. The lowest BCUT2D eigenvalue weighted by molar-refractivity contribution is -0.132. The maximum Gasteiger partial charge on any atom is 0.222 e. The Kier molecular flexibility index (Phi) is 5.64. The highest BCUT2D eigenvalue weighted by Crippen LogP contribution is 2.22. The van der Waals surface area contributed by atoms with Gasteiger partial charge in [0.25, 0.3) is 0 Å². The predicted octanol–water partition coefficient (Wildman–Crippen LogP) is 1.32. The molecular formula is C15H29N3O. The fourth-order valence-corrected chi connectivity index (χ4v) is 3.21. The van der Waals surface area contributed by atoms with E-state index in [1.54, 1.807) is 0 Å². The fourth-order valence-electron chi connectivity index (χ4n) is 3.21.